The van der Waals surface area contributed by atoms with Gasteiger partial charge in [-0.15, -0.1) is 0 Å². The number of fused-ring (bicyclic) bond motifs is 1. The molecule has 0 aliphatic carbocycles. The number of aromatic amines is 1. The van der Waals surface area contributed by atoms with Gasteiger partial charge in [-0.3, -0.25) is 0 Å². The Morgan fingerprint density at radius 3 is 3.11 bits per heavy atom. The lowest BCUT2D eigenvalue weighted by Gasteiger charge is -1.99. The summed E-state index contributed by atoms with van der Waals surface area (Å²) >= 11 is 1.73. The molecule has 98 valence electrons. The number of thioether (sulfide) groups is 1. The molecule has 3 N–H and O–H groups in total. The maximum atomic E-state index is 5.75. The van der Waals surface area contributed by atoms with E-state index in [0.717, 1.165) is 39.9 Å². The minimum Gasteiger partial charge on any atom is -0.399 e. The second kappa shape index (κ2) is 4.97. The third-order valence-corrected chi connectivity index (χ3v) is 3.96. The Hall–Kier alpha value is -1.95. The van der Waals surface area contributed by atoms with Crippen LogP contribution in [0.25, 0.3) is 11.0 Å². The molecule has 0 radical (unpaired) electrons. The summed E-state index contributed by atoms with van der Waals surface area (Å²) in [6.45, 7) is 0. The minimum absolute atomic E-state index is 0.755. The molecule has 0 aliphatic heterocycles. The van der Waals surface area contributed by atoms with Crippen molar-refractivity contribution in [3.05, 3.63) is 36.4 Å². The molecule has 0 amide bonds. The van der Waals surface area contributed by atoms with Crippen molar-refractivity contribution in [3.63, 3.8) is 0 Å². The zero-order chi connectivity index (χ0) is 13.2. The highest BCUT2D eigenvalue weighted by Gasteiger charge is 2.05. The summed E-state index contributed by atoms with van der Waals surface area (Å²) in [6.07, 6.45) is 4.64. The van der Waals surface area contributed by atoms with E-state index < -0.39 is 0 Å². The molecule has 3 aromatic rings. The van der Waals surface area contributed by atoms with Gasteiger partial charge in [0.2, 0.25) is 0 Å². The Bertz CT molecular complexity index is 700. The summed E-state index contributed by atoms with van der Waals surface area (Å²) < 4.78 is 2.02. The van der Waals surface area contributed by atoms with Gasteiger partial charge in [0.15, 0.2) is 5.16 Å². The minimum atomic E-state index is 0.755. The number of hydrogen-bond donors (Lipinski definition) is 2. The van der Waals surface area contributed by atoms with Crippen LogP contribution < -0.4 is 5.73 Å². The predicted octanol–water partition coefficient (Wildman–Crippen LogP) is 2.21. The van der Waals surface area contributed by atoms with E-state index in [0.29, 0.717) is 0 Å². The molecule has 0 aliphatic rings. The van der Waals surface area contributed by atoms with E-state index in [1.54, 1.807) is 11.8 Å². The highest BCUT2D eigenvalue weighted by Crippen LogP contribution is 2.18. The van der Waals surface area contributed by atoms with Crippen LogP contribution in [0.5, 0.6) is 0 Å². The molecular weight excluding hydrogens is 258 g/mol. The summed E-state index contributed by atoms with van der Waals surface area (Å²) in [5, 5.41) is 1.03. The van der Waals surface area contributed by atoms with Crippen LogP contribution in [0.1, 0.15) is 5.82 Å². The monoisotopic (exact) mass is 273 g/mol. The van der Waals surface area contributed by atoms with Crippen LogP contribution in [0, 0.1) is 0 Å². The zero-order valence-electron chi connectivity index (χ0n) is 10.6. The van der Waals surface area contributed by atoms with Crippen LogP contribution in [0.15, 0.2) is 35.7 Å². The van der Waals surface area contributed by atoms with Crippen LogP contribution in [-0.2, 0) is 13.5 Å². The number of benzene rings is 1. The SMILES string of the molecule is Cn1ccnc1SCCc1nc2ccc(N)cc2[nH]1. The summed E-state index contributed by atoms with van der Waals surface area (Å²) in [5.41, 5.74) is 8.47. The highest BCUT2D eigenvalue weighted by molar-refractivity contribution is 7.99. The molecule has 1 aromatic carbocycles. The first kappa shape index (κ1) is 12.1. The standard InChI is InChI=1S/C13H15N5S/c1-18-6-5-15-13(18)19-7-4-12-16-10-3-2-9(14)8-11(10)17-12/h2-3,5-6,8H,4,7,14H2,1H3,(H,16,17). The van der Waals surface area contributed by atoms with Gasteiger partial charge in [0.1, 0.15) is 5.82 Å². The number of nitrogens with two attached hydrogens (primary N) is 1. The van der Waals surface area contributed by atoms with Crippen LogP contribution in [0.4, 0.5) is 5.69 Å². The Kier molecular flexibility index (Phi) is 3.16. The van der Waals surface area contributed by atoms with Gasteiger partial charge in [-0.1, -0.05) is 11.8 Å². The van der Waals surface area contributed by atoms with E-state index in [-0.39, 0.29) is 0 Å². The van der Waals surface area contributed by atoms with Crippen molar-refractivity contribution in [3.8, 4) is 0 Å². The second-order valence-corrected chi connectivity index (χ2v) is 5.44. The maximum absolute atomic E-state index is 5.75. The third-order valence-electron chi connectivity index (χ3n) is 2.90. The van der Waals surface area contributed by atoms with Gasteiger partial charge >= 0.3 is 0 Å². The topological polar surface area (TPSA) is 72.5 Å². The first-order valence-corrected chi connectivity index (χ1v) is 7.05. The summed E-state index contributed by atoms with van der Waals surface area (Å²) in [5.74, 6) is 1.93. The van der Waals surface area contributed by atoms with E-state index in [2.05, 4.69) is 15.0 Å². The molecule has 0 fully saturated rings. The molecule has 2 aromatic heterocycles. The molecule has 0 saturated heterocycles. The van der Waals surface area contributed by atoms with Gasteiger partial charge in [-0.05, 0) is 18.2 Å². The van der Waals surface area contributed by atoms with E-state index in [4.69, 9.17) is 5.73 Å². The largest absolute Gasteiger partial charge is 0.399 e. The van der Waals surface area contributed by atoms with Crippen LogP contribution in [0.2, 0.25) is 0 Å². The number of nitrogen functional groups attached to an aromatic ring is 1. The average Bonchev–Trinajstić information content (AvgIpc) is 2.95. The number of nitrogens with one attached hydrogen (secondary N) is 1. The Morgan fingerprint density at radius 2 is 2.32 bits per heavy atom. The number of hydrogen-bond acceptors (Lipinski definition) is 4. The summed E-state index contributed by atoms with van der Waals surface area (Å²) in [4.78, 5) is 12.1. The van der Waals surface area contributed by atoms with Crippen molar-refractivity contribution in [1.29, 1.82) is 0 Å². The summed E-state index contributed by atoms with van der Waals surface area (Å²) in [6, 6.07) is 5.73. The van der Waals surface area contributed by atoms with E-state index >= 15 is 0 Å². The van der Waals surface area contributed by atoms with Crippen molar-refractivity contribution in [2.45, 2.75) is 11.6 Å². The van der Waals surface area contributed by atoms with Crippen molar-refractivity contribution < 1.29 is 0 Å². The quantitative estimate of drug-likeness (QED) is 0.564. The third kappa shape index (κ3) is 2.58. The van der Waals surface area contributed by atoms with Gasteiger partial charge in [-0.2, -0.15) is 0 Å². The zero-order valence-corrected chi connectivity index (χ0v) is 11.4. The normalized spacial score (nSPS) is 11.2. The summed E-state index contributed by atoms with van der Waals surface area (Å²) in [7, 11) is 2.00. The smallest absolute Gasteiger partial charge is 0.167 e. The van der Waals surface area contributed by atoms with Crippen LogP contribution >= 0.6 is 11.8 Å². The maximum Gasteiger partial charge on any atom is 0.167 e. The van der Waals surface area contributed by atoms with Gasteiger partial charge in [0.05, 0.1) is 11.0 Å². The molecule has 6 heteroatoms. The molecule has 0 bridgehead atoms. The Labute approximate surface area is 115 Å². The fraction of sp³-hybridized carbons (Fsp3) is 0.231. The molecule has 0 saturated carbocycles. The number of H-pyrrole nitrogens is 1. The second-order valence-electron chi connectivity index (χ2n) is 4.38. The fourth-order valence-corrected chi connectivity index (χ4v) is 2.81. The predicted molar refractivity (Wildman–Crippen MR) is 78.1 cm³/mol. The molecule has 0 spiro atoms. The van der Waals surface area contributed by atoms with Crippen molar-refractivity contribution in [2.24, 2.45) is 7.05 Å². The van der Waals surface area contributed by atoms with Crippen molar-refractivity contribution in [2.75, 3.05) is 11.5 Å². The molecule has 0 unspecified atom stereocenters. The Morgan fingerprint density at radius 1 is 1.42 bits per heavy atom. The van der Waals surface area contributed by atoms with Gasteiger partial charge in [0.25, 0.3) is 0 Å². The molecule has 0 atom stereocenters. The molecule has 19 heavy (non-hydrogen) atoms. The molecule has 3 rings (SSSR count). The number of imidazole rings is 2. The van der Waals surface area contributed by atoms with E-state index in [1.165, 1.54) is 0 Å². The molecule has 2 heterocycles. The lowest BCUT2D eigenvalue weighted by atomic mass is 10.3. The first-order valence-electron chi connectivity index (χ1n) is 6.06. The van der Waals surface area contributed by atoms with Gasteiger partial charge in [-0.25, -0.2) is 9.97 Å². The lowest BCUT2D eigenvalue weighted by Crippen LogP contribution is -1.94. The molecular formula is C13H15N5S. The number of aromatic nitrogens is 4. The van der Waals surface area contributed by atoms with Crippen LogP contribution in [0.3, 0.4) is 0 Å². The molecule has 5 nitrogen and oxygen atoms in total. The number of nitrogens with zero attached hydrogens (tertiary/aromatic N) is 3. The number of aryl methyl sites for hydroxylation is 2. The van der Waals surface area contributed by atoms with Crippen LogP contribution in [-0.4, -0.2) is 25.3 Å². The average molecular weight is 273 g/mol. The van der Waals surface area contributed by atoms with Gasteiger partial charge in [0, 0.05) is 37.3 Å². The number of rotatable bonds is 4. The number of anilines is 1. The van der Waals surface area contributed by atoms with Gasteiger partial charge < -0.3 is 15.3 Å². The van der Waals surface area contributed by atoms with Crippen molar-refractivity contribution >= 4 is 28.5 Å². The lowest BCUT2D eigenvalue weighted by molar-refractivity contribution is 0.789. The first-order chi connectivity index (χ1) is 9.22. The van der Waals surface area contributed by atoms with E-state index in [9.17, 15) is 0 Å². The van der Waals surface area contributed by atoms with E-state index in [1.807, 2.05) is 42.2 Å². The van der Waals surface area contributed by atoms with Crippen molar-refractivity contribution in [1.82, 2.24) is 19.5 Å². The Balaban J connectivity index is 1.67. The highest BCUT2D eigenvalue weighted by atomic mass is 32.2. The fourth-order valence-electron chi connectivity index (χ4n) is 1.93.